The largest absolute Gasteiger partial charge is 0.482 e. The minimum Gasteiger partial charge on any atom is -0.482 e. The van der Waals surface area contributed by atoms with Gasteiger partial charge in [-0.1, -0.05) is 0 Å². The predicted octanol–water partition coefficient (Wildman–Crippen LogP) is 2.02. The third-order valence-corrected chi connectivity index (χ3v) is 2.54. The maximum absolute atomic E-state index is 12.1. The first-order chi connectivity index (χ1) is 8.37. The van der Waals surface area contributed by atoms with Gasteiger partial charge < -0.3 is 15.0 Å². The number of rotatable bonds is 2. The van der Waals surface area contributed by atoms with Crippen LogP contribution in [0.5, 0.6) is 5.75 Å². The van der Waals surface area contributed by atoms with Crippen LogP contribution in [0.1, 0.15) is 0 Å². The number of hydrogen-bond donors (Lipinski definition) is 1. The number of anilines is 2. The first-order valence-corrected chi connectivity index (χ1v) is 5.21. The summed E-state index contributed by atoms with van der Waals surface area (Å²) in [5.41, 5.74) is 0.745. The molecule has 0 atom stereocenters. The highest BCUT2D eigenvalue weighted by Crippen LogP contribution is 2.33. The van der Waals surface area contributed by atoms with Crippen molar-refractivity contribution in [3.05, 3.63) is 18.2 Å². The fourth-order valence-electron chi connectivity index (χ4n) is 1.58. The summed E-state index contributed by atoms with van der Waals surface area (Å²) in [6.45, 7) is -1.18. The van der Waals surface area contributed by atoms with Crippen molar-refractivity contribution >= 4 is 17.3 Å². The minimum absolute atomic E-state index is 0.0567. The van der Waals surface area contributed by atoms with Gasteiger partial charge in [-0.25, -0.2) is 0 Å². The Labute approximate surface area is 101 Å². The summed E-state index contributed by atoms with van der Waals surface area (Å²) in [5.74, 6) is 0.241. The van der Waals surface area contributed by atoms with Gasteiger partial charge in [0, 0.05) is 12.7 Å². The number of hydrogen-bond acceptors (Lipinski definition) is 3. The molecule has 1 aliphatic rings. The average Bonchev–Trinajstić information content (AvgIpc) is 2.31. The van der Waals surface area contributed by atoms with Gasteiger partial charge in [0.05, 0.1) is 5.69 Å². The molecule has 7 heteroatoms. The number of halogens is 3. The molecule has 18 heavy (non-hydrogen) atoms. The average molecular weight is 260 g/mol. The Bertz CT molecular complexity index is 474. The van der Waals surface area contributed by atoms with Crippen LogP contribution >= 0.6 is 0 Å². The molecular formula is C11H11F3N2O2. The lowest BCUT2D eigenvalue weighted by molar-refractivity contribution is -0.121. The first-order valence-electron chi connectivity index (χ1n) is 5.21. The van der Waals surface area contributed by atoms with E-state index in [0.29, 0.717) is 11.4 Å². The number of carbonyl (C=O) groups is 1. The molecule has 98 valence electrons. The van der Waals surface area contributed by atoms with Crippen LogP contribution in [-0.2, 0) is 4.79 Å². The van der Waals surface area contributed by atoms with E-state index in [1.807, 2.05) is 0 Å². The normalized spacial score (nSPS) is 15.1. The number of benzene rings is 1. The van der Waals surface area contributed by atoms with Crippen molar-refractivity contribution in [2.45, 2.75) is 6.18 Å². The standard InChI is InChI=1S/C11H11F3N2O2/c1-16-8-4-7(15-6-11(12,13)14)2-3-9(8)18-5-10(16)17/h2-4,15H,5-6H2,1H3. The number of ether oxygens (including phenoxy) is 1. The lowest BCUT2D eigenvalue weighted by atomic mass is 10.2. The van der Waals surface area contributed by atoms with Gasteiger partial charge in [0.25, 0.3) is 5.91 Å². The number of nitrogens with zero attached hydrogens (tertiary/aromatic N) is 1. The maximum Gasteiger partial charge on any atom is 0.405 e. The number of carbonyl (C=O) groups excluding carboxylic acids is 1. The molecular weight excluding hydrogens is 249 g/mol. The summed E-state index contributed by atoms with van der Waals surface area (Å²) < 4.78 is 41.4. The third kappa shape index (κ3) is 2.66. The van der Waals surface area contributed by atoms with Crippen LogP contribution in [0.3, 0.4) is 0 Å². The van der Waals surface area contributed by atoms with Crippen LogP contribution in [0, 0.1) is 0 Å². The fourth-order valence-corrected chi connectivity index (χ4v) is 1.58. The molecule has 1 aromatic rings. The van der Waals surface area contributed by atoms with E-state index >= 15 is 0 Å². The number of likely N-dealkylation sites (N-methyl/N-ethyl adjacent to an activating group) is 1. The van der Waals surface area contributed by atoms with Crippen molar-refractivity contribution in [1.29, 1.82) is 0 Å². The third-order valence-electron chi connectivity index (χ3n) is 2.54. The van der Waals surface area contributed by atoms with Gasteiger partial charge >= 0.3 is 6.18 Å². The van der Waals surface area contributed by atoms with Gasteiger partial charge in [0.2, 0.25) is 0 Å². The van der Waals surface area contributed by atoms with E-state index in [9.17, 15) is 18.0 Å². The van der Waals surface area contributed by atoms with Gasteiger partial charge in [-0.05, 0) is 18.2 Å². The molecule has 0 aromatic heterocycles. The van der Waals surface area contributed by atoms with E-state index in [0.717, 1.165) is 0 Å². The van der Waals surface area contributed by atoms with Gasteiger partial charge in [-0.2, -0.15) is 13.2 Å². The molecule has 1 aliphatic heterocycles. The summed E-state index contributed by atoms with van der Waals surface area (Å²) in [4.78, 5) is 12.7. The van der Waals surface area contributed by atoms with Crippen LogP contribution in [0.25, 0.3) is 0 Å². The van der Waals surface area contributed by atoms with Gasteiger partial charge in [0.15, 0.2) is 6.61 Å². The number of amides is 1. The summed E-state index contributed by atoms with van der Waals surface area (Å²) in [6, 6.07) is 4.48. The zero-order chi connectivity index (χ0) is 13.3. The van der Waals surface area contributed by atoms with E-state index < -0.39 is 12.7 Å². The van der Waals surface area contributed by atoms with Crippen LogP contribution in [0.15, 0.2) is 18.2 Å². The predicted molar refractivity (Wildman–Crippen MR) is 59.9 cm³/mol. The van der Waals surface area contributed by atoms with E-state index in [1.165, 1.54) is 23.1 Å². The molecule has 1 N–H and O–H groups in total. The van der Waals surface area contributed by atoms with Gasteiger partial charge in [0.1, 0.15) is 12.3 Å². The molecule has 1 amide bonds. The number of nitrogens with one attached hydrogen (secondary N) is 1. The Balaban J connectivity index is 2.18. The molecule has 0 fully saturated rings. The van der Waals surface area contributed by atoms with Gasteiger partial charge in [-0.15, -0.1) is 0 Å². The van der Waals surface area contributed by atoms with Crippen molar-refractivity contribution < 1.29 is 22.7 Å². The maximum atomic E-state index is 12.1. The van der Waals surface area contributed by atoms with Crippen molar-refractivity contribution in [2.24, 2.45) is 0 Å². The second-order valence-electron chi connectivity index (χ2n) is 3.89. The number of alkyl halides is 3. The Morgan fingerprint density at radius 2 is 2.17 bits per heavy atom. The highest BCUT2D eigenvalue weighted by molar-refractivity contribution is 5.97. The first kappa shape index (κ1) is 12.5. The van der Waals surface area contributed by atoms with Crippen LogP contribution in [0.4, 0.5) is 24.5 Å². The molecule has 0 spiro atoms. The van der Waals surface area contributed by atoms with E-state index in [1.54, 1.807) is 7.05 Å². The highest BCUT2D eigenvalue weighted by atomic mass is 19.4. The number of fused-ring (bicyclic) bond motifs is 1. The summed E-state index contributed by atoms with van der Waals surface area (Å²) in [7, 11) is 1.55. The highest BCUT2D eigenvalue weighted by Gasteiger charge is 2.27. The minimum atomic E-state index is -4.28. The molecule has 4 nitrogen and oxygen atoms in total. The van der Waals surface area contributed by atoms with Crippen molar-refractivity contribution in [1.82, 2.24) is 0 Å². The molecule has 0 radical (unpaired) electrons. The quantitative estimate of drug-likeness (QED) is 0.884. The topological polar surface area (TPSA) is 41.6 Å². The van der Waals surface area contributed by atoms with Crippen molar-refractivity contribution in [3.63, 3.8) is 0 Å². The smallest absolute Gasteiger partial charge is 0.405 e. The molecule has 2 rings (SSSR count). The molecule has 0 aliphatic carbocycles. The second-order valence-corrected chi connectivity index (χ2v) is 3.89. The van der Waals surface area contributed by atoms with Gasteiger partial charge in [-0.3, -0.25) is 4.79 Å². The Morgan fingerprint density at radius 1 is 1.44 bits per heavy atom. The summed E-state index contributed by atoms with van der Waals surface area (Å²) >= 11 is 0. The van der Waals surface area contributed by atoms with Crippen LogP contribution in [-0.4, -0.2) is 32.3 Å². The SMILES string of the molecule is CN1C(=O)COc2ccc(NCC(F)(F)F)cc21. The fraction of sp³-hybridized carbons (Fsp3) is 0.364. The summed E-state index contributed by atoms with van der Waals surface area (Å²) in [6.07, 6.45) is -4.28. The van der Waals surface area contributed by atoms with E-state index in [-0.39, 0.29) is 18.2 Å². The monoisotopic (exact) mass is 260 g/mol. The lowest BCUT2D eigenvalue weighted by Crippen LogP contribution is -2.35. The Hall–Kier alpha value is -1.92. The van der Waals surface area contributed by atoms with Crippen molar-refractivity contribution in [3.8, 4) is 5.75 Å². The molecule has 0 unspecified atom stereocenters. The Morgan fingerprint density at radius 3 is 2.83 bits per heavy atom. The van der Waals surface area contributed by atoms with Crippen molar-refractivity contribution in [2.75, 3.05) is 30.4 Å². The zero-order valence-electron chi connectivity index (χ0n) is 9.54. The van der Waals surface area contributed by atoms with E-state index in [4.69, 9.17) is 4.74 Å². The molecule has 0 bridgehead atoms. The summed E-state index contributed by atoms with van der Waals surface area (Å²) in [5, 5.41) is 2.25. The van der Waals surface area contributed by atoms with Crippen LogP contribution < -0.4 is 15.0 Å². The molecule has 0 saturated heterocycles. The lowest BCUT2D eigenvalue weighted by Gasteiger charge is -2.26. The van der Waals surface area contributed by atoms with Crippen LogP contribution in [0.2, 0.25) is 0 Å². The molecule has 1 heterocycles. The van der Waals surface area contributed by atoms with E-state index in [2.05, 4.69) is 5.32 Å². The second kappa shape index (κ2) is 4.40. The molecule has 1 aromatic carbocycles. The Kier molecular flexibility index (Phi) is 3.06. The zero-order valence-corrected chi connectivity index (χ0v) is 9.54. The molecule has 0 saturated carbocycles.